The van der Waals surface area contributed by atoms with Gasteiger partial charge < -0.3 is 9.47 Å². The van der Waals surface area contributed by atoms with Crippen LogP contribution in [0.1, 0.15) is 45.4 Å². The van der Waals surface area contributed by atoms with E-state index in [9.17, 15) is 8.42 Å². The summed E-state index contributed by atoms with van der Waals surface area (Å²) >= 11 is 0. The molecule has 0 amide bonds. The minimum atomic E-state index is -3.30. The normalized spacial score (nSPS) is 18.2. The Kier molecular flexibility index (Phi) is 5.80. The maximum absolute atomic E-state index is 11.7. The highest BCUT2D eigenvalue weighted by atomic mass is 32.2. The smallest absolute Gasteiger partial charge is 0.209 e. The third kappa shape index (κ3) is 4.99. The minimum absolute atomic E-state index is 0.105. The average Bonchev–Trinajstić information content (AvgIpc) is 2.70. The molecule has 1 aliphatic heterocycles. The molecule has 0 spiro atoms. The molecule has 1 atom stereocenters. The summed E-state index contributed by atoms with van der Waals surface area (Å²) < 4.78 is 28.2. The van der Waals surface area contributed by atoms with E-state index in [1.54, 1.807) is 0 Å². The van der Waals surface area contributed by atoms with Crippen LogP contribution >= 0.6 is 0 Å². The van der Waals surface area contributed by atoms with Crippen molar-refractivity contribution in [1.82, 2.24) is 24.4 Å². The Morgan fingerprint density at radius 3 is 2.39 bits per heavy atom. The first kappa shape index (κ1) is 18.4. The summed E-state index contributed by atoms with van der Waals surface area (Å²) in [7, 11) is -3.30. The fourth-order valence-corrected chi connectivity index (χ4v) is 3.87. The highest BCUT2D eigenvalue weighted by Gasteiger charge is 2.28. The van der Waals surface area contributed by atoms with E-state index in [4.69, 9.17) is 0 Å². The number of rotatable bonds is 6. The van der Waals surface area contributed by atoms with E-state index in [1.165, 1.54) is 6.26 Å². The van der Waals surface area contributed by atoms with Crippen LogP contribution in [0.5, 0.6) is 0 Å². The predicted octanol–water partition coefficient (Wildman–Crippen LogP) is 1.04. The van der Waals surface area contributed by atoms with Gasteiger partial charge in [0.2, 0.25) is 10.0 Å². The lowest BCUT2D eigenvalue weighted by Gasteiger charge is -2.23. The van der Waals surface area contributed by atoms with Crippen molar-refractivity contribution in [2.45, 2.75) is 46.7 Å². The van der Waals surface area contributed by atoms with E-state index >= 15 is 0 Å². The molecule has 2 rings (SSSR count). The van der Waals surface area contributed by atoms with Crippen LogP contribution in [0.25, 0.3) is 0 Å². The number of aromatic nitrogens is 3. The lowest BCUT2D eigenvalue weighted by Crippen LogP contribution is -2.34. The Morgan fingerprint density at radius 1 is 1.13 bits per heavy atom. The third-order valence-electron chi connectivity index (χ3n) is 4.06. The second-order valence-electron chi connectivity index (χ2n) is 7.18. The summed E-state index contributed by atoms with van der Waals surface area (Å²) in [5, 5.41) is 8.61. The molecule has 132 valence electrons. The zero-order valence-electron chi connectivity index (χ0n) is 14.8. The number of nitrogens with one attached hydrogen (secondary N) is 1. The van der Waals surface area contributed by atoms with Gasteiger partial charge in [0.25, 0.3) is 0 Å². The van der Waals surface area contributed by atoms with E-state index in [0.29, 0.717) is 5.92 Å². The summed E-state index contributed by atoms with van der Waals surface area (Å²) in [5.74, 6) is 2.42. The molecular weight excluding hydrogens is 314 g/mol. The number of sulfonamides is 1. The highest BCUT2D eigenvalue weighted by molar-refractivity contribution is 7.88. The molecule has 0 aromatic carbocycles. The van der Waals surface area contributed by atoms with Gasteiger partial charge in [0.1, 0.15) is 5.82 Å². The minimum Gasteiger partial charge on any atom is -0.312 e. The Labute approximate surface area is 139 Å². The standard InChI is InChI=1S/C15H29N5O2S/c1-11(2)10-19-7-6-13-16-17-15(20(13)9-8-19)14(12(3)4)18-23(5,21)22/h11-12,14,18H,6-10H2,1-5H3. The largest absolute Gasteiger partial charge is 0.312 e. The Bertz CT molecular complexity index is 624. The summed E-state index contributed by atoms with van der Waals surface area (Å²) in [6, 6.07) is -0.345. The Hall–Kier alpha value is -0.990. The Morgan fingerprint density at radius 2 is 1.83 bits per heavy atom. The summed E-state index contributed by atoms with van der Waals surface area (Å²) in [4.78, 5) is 2.44. The van der Waals surface area contributed by atoms with E-state index in [1.807, 2.05) is 13.8 Å². The molecular formula is C15H29N5O2S. The topological polar surface area (TPSA) is 80.1 Å². The highest BCUT2D eigenvalue weighted by Crippen LogP contribution is 2.23. The molecule has 8 heteroatoms. The molecule has 0 radical (unpaired) electrons. The Balaban J connectivity index is 2.22. The summed E-state index contributed by atoms with van der Waals surface area (Å²) in [6.45, 7) is 12.2. The van der Waals surface area contributed by atoms with Gasteiger partial charge in [0.15, 0.2) is 5.82 Å². The monoisotopic (exact) mass is 343 g/mol. The number of nitrogens with zero attached hydrogens (tertiary/aromatic N) is 4. The van der Waals surface area contributed by atoms with Crippen molar-refractivity contribution < 1.29 is 8.42 Å². The van der Waals surface area contributed by atoms with Crippen molar-refractivity contribution in [3.63, 3.8) is 0 Å². The van der Waals surface area contributed by atoms with Gasteiger partial charge in [-0.05, 0) is 11.8 Å². The van der Waals surface area contributed by atoms with E-state index in [2.05, 4.69) is 38.2 Å². The lowest BCUT2D eigenvalue weighted by molar-refractivity contribution is 0.247. The van der Waals surface area contributed by atoms with Crippen molar-refractivity contribution >= 4 is 10.0 Å². The first-order chi connectivity index (χ1) is 10.7. The van der Waals surface area contributed by atoms with Crippen molar-refractivity contribution in [3.05, 3.63) is 11.6 Å². The molecule has 7 nitrogen and oxygen atoms in total. The van der Waals surface area contributed by atoms with Gasteiger partial charge in [-0.1, -0.05) is 27.7 Å². The van der Waals surface area contributed by atoms with Crippen LogP contribution < -0.4 is 4.72 Å². The molecule has 1 aromatic heterocycles. The van der Waals surface area contributed by atoms with Crippen molar-refractivity contribution in [1.29, 1.82) is 0 Å². The molecule has 0 saturated heterocycles. The van der Waals surface area contributed by atoms with Crippen LogP contribution in [0.15, 0.2) is 0 Å². The van der Waals surface area contributed by atoms with Crippen molar-refractivity contribution in [2.75, 3.05) is 25.9 Å². The molecule has 1 unspecified atom stereocenters. The van der Waals surface area contributed by atoms with E-state index in [0.717, 1.165) is 44.2 Å². The number of hydrogen-bond acceptors (Lipinski definition) is 5. The first-order valence-corrected chi connectivity index (χ1v) is 10.2. The molecule has 1 N–H and O–H groups in total. The van der Waals surface area contributed by atoms with Crippen molar-refractivity contribution in [3.8, 4) is 0 Å². The molecule has 1 aliphatic rings. The van der Waals surface area contributed by atoms with Gasteiger partial charge in [-0.2, -0.15) is 0 Å². The molecule has 1 aromatic rings. The number of fused-ring (bicyclic) bond motifs is 1. The molecule has 2 heterocycles. The summed E-state index contributed by atoms with van der Waals surface area (Å²) in [5.41, 5.74) is 0. The van der Waals surface area contributed by atoms with Gasteiger partial charge >= 0.3 is 0 Å². The van der Waals surface area contributed by atoms with Crippen LogP contribution in [-0.4, -0.2) is 54.0 Å². The van der Waals surface area contributed by atoms with Gasteiger partial charge in [-0.3, -0.25) is 0 Å². The van der Waals surface area contributed by atoms with Crippen molar-refractivity contribution in [2.24, 2.45) is 11.8 Å². The quantitative estimate of drug-likeness (QED) is 0.835. The SMILES string of the molecule is CC(C)CN1CCc2nnc(C(NS(C)(=O)=O)C(C)C)n2CC1. The summed E-state index contributed by atoms with van der Waals surface area (Å²) in [6.07, 6.45) is 2.04. The van der Waals surface area contributed by atoms with Gasteiger partial charge in [-0.15, -0.1) is 10.2 Å². The van der Waals surface area contributed by atoms with E-state index < -0.39 is 10.0 Å². The maximum Gasteiger partial charge on any atom is 0.209 e. The zero-order valence-corrected chi connectivity index (χ0v) is 15.6. The molecule has 23 heavy (non-hydrogen) atoms. The lowest BCUT2D eigenvalue weighted by atomic mass is 10.1. The van der Waals surface area contributed by atoms with Gasteiger partial charge in [0.05, 0.1) is 12.3 Å². The van der Waals surface area contributed by atoms with Crippen LogP contribution in [0, 0.1) is 11.8 Å². The fourth-order valence-electron chi connectivity index (χ4n) is 3.04. The van der Waals surface area contributed by atoms with Crippen LogP contribution in [0.4, 0.5) is 0 Å². The van der Waals surface area contributed by atoms with Crippen LogP contribution in [0.2, 0.25) is 0 Å². The molecule has 0 fully saturated rings. The maximum atomic E-state index is 11.7. The third-order valence-corrected chi connectivity index (χ3v) is 4.74. The second-order valence-corrected chi connectivity index (χ2v) is 8.96. The molecule has 0 bridgehead atoms. The van der Waals surface area contributed by atoms with E-state index in [-0.39, 0.29) is 12.0 Å². The van der Waals surface area contributed by atoms with Gasteiger partial charge in [0, 0.05) is 32.6 Å². The predicted molar refractivity (Wildman–Crippen MR) is 90.6 cm³/mol. The zero-order chi connectivity index (χ0) is 17.2. The van der Waals surface area contributed by atoms with Crippen LogP contribution in [0.3, 0.4) is 0 Å². The average molecular weight is 343 g/mol. The molecule has 0 saturated carbocycles. The first-order valence-electron chi connectivity index (χ1n) is 8.29. The second kappa shape index (κ2) is 7.27. The van der Waals surface area contributed by atoms with Crippen LogP contribution in [-0.2, 0) is 23.0 Å². The number of hydrogen-bond donors (Lipinski definition) is 1. The fraction of sp³-hybridized carbons (Fsp3) is 0.867. The van der Waals surface area contributed by atoms with Gasteiger partial charge in [-0.25, -0.2) is 13.1 Å². The molecule has 0 aliphatic carbocycles.